The Hall–Kier alpha value is -2.11. The molecule has 0 radical (unpaired) electrons. The Bertz CT molecular complexity index is 1120. The summed E-state index contributed by atoms with van der Waals surface area (Å²) in [4.78, 5) is 30.2. The maximum absolute atomic E-state index is 12.6. The van der Waals surface area contributed by atoms with Crippen molar-refractivity contribution in [2.75, 3.05) is 7.11 Å². The molecule has 1 aliphatic rings. The van der Waals surface area contributed by atoms with Gasteiger partial charge in [-0.25, -0.2) is 8.42 Å². The smallest absolute Gasteiger partial charge is 0.272 e. The number of nitrogens with one attached hydrogen (secondary N) is 1. The van der Waals surface area contributed by atoms with Gasteiger partial charge in [0.25, 0.3) is 21.8 Å². The molecule has 0 bridgehead atoms. The van der Waals surface area contributed by atoms with Gasteiger partial charge in [0.15, 0.2) is 0 Å². The van der Waals surface area contributed by atoms with Crippen LogP contribution in [0.15, 0.2) is 46.7 Å². The van der Waals surface area contributed by atoms with Crippen molar-refractivity contribution in [3.63, 3.8) is 0 Å². The quantitative estimate of drug-likeness (QED) is 0.638. The number of hydrogen-bond acceptors (Lipinski definition) is 7. The lowest BCUT2D eigenvalue weighted by atomic mass is 10.2. The van der Waals surface area contributed by atoms with Crippen LogP contribution in [0.3, 0.4) is 0 Å². The lowest BCUT2D eigenvalue weighted by molar-refractivity contribution is -0.179. The van der Waals surface area contributed by atoms with Crippen LogP contribution in [0, 0.1) is 0 Å². The second-order valence-corrected chi connectivity index (χ2v) is 9.96. The zero-order chi connectivity index (χ0) is 19.2. The molecule has 1 fully saturated rings. The first-order chi connectivity index (χ1) is 12.9. The molecule has 1 saturated heterocycles. The summed E-state index contributed by atoms with van der Waals surface area (Å²) in [7, 11) is -2.75. The van der Waals surface area contributed by atoms with Gasteiger partial charge in [0.1, 0.15) is 10.3 Å². The van der Waals surface area contributed by atoms with E-state index in [4.69, 9.17) is 0 Å². The first-order valence-corrected chi connectivity index (χ1v) is 11.0. The van der Waals surface area contributed by atoms with Crippen molar-refractivity contribution < 1.29 is 22.8 Å². The number of nitrogens with zero attached hydrogens (tertiary/aromatic N) is 1. The van der Waals surface area contributed by atoms with Gasteiger partial charge in [0.2, 0.25) is 0 Å². The second kappa shape index (κ2) is 6.80. The molecule has 140 valence electrons. The summed E-state index contributed by atoms with van der Waals surface area (Å²) >= 11 is 2.70. The molecular weight excluding hydrogens is 408 g/mol. The number of benzene rings is 1. The fourth-order valence-electron chi connectivity index (χ4n) is 2.84. The predicted octanol–water partition coefficient (Wildman–Crippen LogP) is 2.60. The van der Waals surface area contributed by atoms with Gasteiger partial charge < -0.3 is 0 Å². The van der Waals surface area contributed by atoms with Crippen LogP contribution in [0.5, 0.6) is 0 Å². The Balaban J connectivity index is 1.58. The van der Waals surface area contributed by atoms with Crippen LogP contribution >= 0.6 is 22.7 Å². The molecule has 0 aliphatic carbocycles. The first kappa shape index (κ1) is 18.3. The molecule has 10 heteroatoms. The number of hydroxylamine groups is 2. The average molecular weight is 423 g/mol. The molecule has 1 N–H and O–H groups in total. The van der Waals surface area contributed by atoms with Crippen molar-refractivity contribution in [2.24, 2.45) is 0 Å². The van der Waals surface area contributed by atoms with Gasteiger partial charge in [-0.05, 0) is 29.7 Å². The molecule has 7 nitrogen and oxygen atoms in total. The maximum atomic E-state index is 12.6. The molecule has 0 saturated carbocycles. The Morgan fingerprint density at radius 3 is 2.59 bits per heavy atom. The van der Waals surface area contributed by atoms with Gasteiger partial charge >= 0.3 is 0 Å². The Morgan fingerprint density at radius 1 is 1.11 bits per heavy atom. The zero-order valence-electron chi connectivity index (χ0n) is 14.0. The van der Waals surface area contributed by atoms with Crippen LogP contribution < -0.4 is 4.72 Å². The summed E-state index contributed by atoms with van der Waals surface area (Å²) < 4.78 is 28.8. The van der Waals surface area contributed by atoms with E-state index < -0.39 is 27.9 Å². The van der Waals surface area contributed by atoms with Crippen molar-refractivity contribution in [1.82, 2.24) is 9.79 Å². The standard InChI is InChI=1S/C17H14N2O5S3/c1-24-19-15(20)9-11(17(19)21)18-27(22,23)16-7-6-13(26-16)14-8-10-4-2-3-5-12(10)25-14/h2-8,11,18H,9H2,1H3/t11-/m1/s1. The van der Waals surface area contributed by atoms with Crippen molar-refractivity contribution >= 4 is 54.6 Å². The lowest BCUT2D eigenvalue weighted by Gasteiger charge is -2.11. The SMILES string of the molecule is CON1C(=O)C[C@@H](NS(=O)(=O)c2ccc(-c3cc4ccccc4s3)s2)C1=O. The fourth-order valence-corrected chi connectivity index (χ4v) is 6.49. The summed E-state index contributed by atoms with van der Waals surface area (Å²) in [6.45, 7) is 0. The summed E-state index contributed by atoms with van der Waals surface area (Å²) in [5, 5.41) is 1.67. The minimum Gasteiger partial charge on any atom is -0.272 e. The van der Waals surface area contributed by atoms with Crippen molar-refractivity contribution in [2.45, 2.75) is 16.7 Å². The fraction of sp³-hybridized carbons (Fsp3) is 0.176. The first-order valence-electron chi connectivity index (χ1n) is 7.91. The van der Waals surface area contributed by atoms with Gasteiger partial charge in [-0.1, -0.05) is 18.2 Å². The highest BCUT2D eigenvalue weighted by molar-refractivity contribution is 7.91. The molecule has 4 rings (SSSR count). The lowest BCUT2D eigenvalue weighted by Crippen LogP contribution is -2.41. The van der Waals surface area contributed by atoms with Crippen LogP contribution in [-0.2, 0) is 24.4 Å². The number of imide groups is 1. The minimum absolute atomic E-state index is 0.0890. The highest BCUT2D eigenvalue weighted by atomic mass is 32.2. The number of carbonyl (C=O) groups is 2. The van der Waals surface area contributed by atoms with Crippen molar-refractivity contribution in [1.29, 1.82) is 0 Å². The number of amides is 2. The van der Waals surface area contributed by atoms with Crippen LogP contribution in [0.2, 0.25) is 0 Å². The van der Waals surface area contributed by atoms with Crippen molar-refractivity contribution in [3.05, 3.63) is 42.5 Å². The topological polar surface area (TPSA) is 92.8 Å². The summed E-state index contributed by atoms with van der Waals surface area (Å²) in [5.74, 6) is -1.29. The number of hydrogen-bond donors (Lipinski definition) is 1. The average Bonchev–Trinajstić information content (AvgIpc) is 3.33. The molecule has 1 aromatic carbocycles. The van der Waals surface area contributed by atoms with Crippen LogP contribution in [-0.4, -0.2) is 38.4 Å². The summed E-state index contributed by atoms with van der Waals surface area (Å²) in [6.07, 6.45) is -0.263. The molecule has 1 aliphatic heterocycles. The number of rotatable bonds is 5. The highest BCUT2D eigenvalue weighted by Crippen LogP contribution is 2.38. The van der Waals surface area contributed by atoms with E-state index in [0.717, 1.165) is 31.2 Å². The van der Waals surface area contributed by atoms with Crippen LogP contribution in [0.4, 0.5) is 0 Å². The van der Waals surface area contributed by atoms with E-state index in [1.54, 1.807) is 17.4 Å². The third-order valence-corrected chi connectivity index (χ3v) is 8.46. The van der Waals surface area contributed by atoms with Crippen molar-refractivity contribution in [3.8, 4) is 9.75 Å². The zero-order valence-corrected chi connectivity index (χ0v) is 16.5. The largest absolute Gasteiger partial charge is 0.272 e. The van der Waals surface area contributed by atoms with E-state index in [0.29, 0.717) is 5.06 Å². The molecule has 0 unspecified atom stereocenters. The summed E-state index contributed by atoms with van der Waals surface area (Å²) in [6, 6.07) is 12.0. The Labute approximate surface area is 163 Å². The number of fused-ring (bicyclic) bond motifs is 1. The van der Waals surface area contributed by atoms with Gasteiger partial charge in [-0.3, -0.25) is 14.4 Å². The van der Waals surface area contributed by atoms with E-state index in [-0.39, 0.29) is 10.6 Å². The number of thiophene rings is 2. The molecule has 27 heavy (non-hydrogen) atoms. The van der Waals surface area contributed by atoms with Gasteiger partial charge in [-0.15, -0.1) is 22.7 Å². The maximum Gasteiger partial charge on any atom is 0.272 e. The van der Waals surface area contributed by atoms with Crippen LogP contribution in [0.25, 0.3) is 19.8 Å². The normalized spacial score (nSPS) is 18.0. The van der Waals surface area contributed by atoms with Gasteiger partial charge in [0.05, 0.1) is 13.5 Å². The Morgan fingerprint density at radius 2 is 1.89 bits per heavy atom. The van der Waals surface area contributed by atoms with Gasteiger partial charge in [-0.2, -0.15) is 9.79 Å². The van der Waals surface area contributed by atoms with Gasteiger partial charge in [0, 0.05) is 14.5 Å². The highest BCUT2D eigenvalue weighted by Gasteiger charge is 2.41. The third-order valence-electron chi connectivity index (χ3n) is 4.10. The molecule has 1 atom stereocenters. The molecule has 3 aromatic rings. The molecule has 2 aromatic heterocycles. The van der Waals surface area contributed by atoms with E-state index in [1.807, 2.05) is 30.3 Å². The third kappa shape index (κ3) is 3.30. The molecule has 0 spiro atoms. The molecule has 3 heterocycles. The summed E-state index contributed by atoms with van der Waals surface area (Å²) in [5.41, 5.74) is 0. The second-order valence-electron chi connectivity index (χ2n) is 5.85. The molecular formula is C17H14N2O5S3. The van der Waals surface area contributed by atoms with E-state index in [1.165, 1.54) is 13.2 Å². The Kier molecular flexibility index (Phi) is 4.60. The number of sulfonamides is 1. The molecule has 2 amide bonds. The number of carbonyl (C=O) groups excluding carboxylic acids is 2. The monoisotopic (exact) mass is 422 g/mol. The predicted molar refractivity (Wildman–Crippen MR) is 103 cm³/mol. The van der Waals surface area contributed by atoms with E-state index in [9.17, 15) is 18.0 Å². The van der Waals surface area contributed by atoms with Crippen LogP contribution in [0.1, 0.15) is 6.42 Å². The van der Waals surface area contributed by atoms with E-state index >= 15 is 0 Å². The van der Waals surface area contributed by atoms with E-state index in [2.05, 4.69) is 9.56 Å². The minimum atomic E-state index is -3.93.